The summed E-state index contributed by atoms with van der Waals surface area (Å²) in [6, 6.07) is 13.0. The maximum absolute atomic E-state index is 13.7. The normalized spacial score (nSPS) is 13.9. The van der Waals surface area contributed by atoms with E-state index in [0.29, 0.717) is 10.6 Å². The van der Waals surface area contributed by atoms with Gasteiger partial charge in [-0.3, -0.25) is 0 Å². The summed E-state index contributed by atoms with van der Waals surface area (Å²) in [5.41, 5.74) is 0.247. The number of thioether (sulfide) groups is 1. The van der Waals surface area contributed by atoms with Gasteiger partial charge in [-0.2, -0.15) is 0 Å². The van der Waals surface area contributed by atoms with Gasteiger partial charge in [-0.15, -0.1) is 11.8 Å². The predicted octanol–water partition coefficient (Wildman–Crippen LogP) is 3.16. The van der Waals surface area contributed by atoms with E-state index in [1.54, 1.807) is 7.05 Å². The van der Waals surface area contributed by atoms with Gasteiger partial charge in [0, 0.05) is 16.7 Å². The highest BCUT2D eigenvalue weighted by molar-refractivity contribution is 7.99. The van der Waals surface area contributed by atoms with Crippen molar-refractivity contribution >= 4 is 11.8 Å². The molecule has 2 aromatic carbocycles. The van der Waals surface area contributed by atoms with Crippen LogP contribution in [0.2, 0.25) is 0 Å². The average molecular weight is 309 g/mol. The maximum Gasteiger partial charge on any atom is 0.139 e. The average Bonchev–Trinajstić information content (AvgIpc) is 2.51. The molecule has 0 fully saturated rings. The zero-order valence-corrected chi connectivity index (χ0v) is 12.5. The van der Waals surface area contributed by atoms with Gasteiger partial charge in [-0.1, -0.05) is 30.3 Å². The first-order valence-electron chi connectivity index (χ1n) is 6.54. The third-order valence-electron chi connectivity index (χ3n) is 3.44. The summed E-state index contributed by atoms with van der Waals surface area (Å²) >= 11 is 1.24. The minimum atomic E-state index is -0.674. The van der Waals surface area contributed by atoms with E-state index in [1.807, 2.05) is 30.3 Å². The van der Waals surface area contributed by atoms with E-state index in [-0.39, 0.29) is 6.61 Å². The number of likely N-dealkylation sites (N-methyl/N-ethyl adjacent to an activating group) is 1. The lowest BCUT2D eigenvalue weighted by Gasteiger charge is -2.32. The Bertz CT molecular complexity index is 588. The summed E-state index contributed by atoms with van der Waals surface area (Å²) in [5.74, 6) is -0.759. The number of hydrogen-bond acceptors (Lipinski definition) is 3. The van der Waals surface area contributed by atoms with Crippen molar-refractivity contribution in [2.24, 2.45) is 0 Å². The Labute approximate surface area is 127 Å². The molecule has 1 atom stereocenters. The molecule has 112 valence electrons. The number of nitrogens with one attached hydrogen (secondary N) is 1. The lowest BCUT2D eigenvalue weighted by molar-refractivity contribution is 0.187. The van der Waals surface area contributed by atoms with E-state index < -0.39 is 17.2 Å². The number of aliphatic hydroxyl groups excluding tert-OH is 1. The van der Waals surface area contributed by atoms with Gasteiger partial charge in [0.25, 0.3) is 0 Å². The van der Waals surface area contributed by atoms with Crippen molar-refractivity contribution in [2.75, 3.05) is 19.4 Å². The number of aliphatic hydroxyl groups is 1. The summed E-state index contributed by atoms with van der Waals surface area (Å²) in [6.45, 7) is -0.122. The zero-order valence-electron chi connectivity index (χ0n) is 11.6. The zero-order chi connectivity index (χ0) is 15.3. The van der Waals surface area contributed by atoms with Gasteiger partial charge in [0.15, 0.2) is 0 Å². The van der Waals surface area contributed by atoms with Crippen LogP contribution in [0.4, 0.5) is 8.78 Å². The molecule has 0 aliphatic carbocycles. The molecule has 0 bridgehead atoms. The Balaban J connectivity index is 2.21. The minimum absolute atomic E-state index is 0.122. The van der Waals surface area contributed by atoms with Crippen LogP contribution in [0.3, 0.4) is 0 Å². The van der Waals surface area contributed by atoms with Gasteiger partial charge < -0.3 is 10.4 Å². The molecule has 2 N–H and O–H groups in total. The van der Waals surface area contributed by atoms with Crippen LogP contribution in [0.25, 0.3) is 0 Å². The second-order valence-corrected chi connectivity index (χ2v) is 5.74. The number of benzene rings is 2. The Kier molecular flexibility index (Phi) is 5.33. The molecule has 2 nitrogen and oxygen atoms in total. The quantitative estimate of drug-likeness (QED) is 0.804. The molecule has 2 rings (SSSR count). The molecule has 2 aromatic rings. The lowest BCUT2D eigenvalue weighted by Crippen LogP contribution is -2.45. The van der Waals surface area contributed by atoms with Crippen molar-refractivity contribution < 1.29 is 13.9 Å². The molecule has 0 aliphatic heterocycles. The molecule has 0 heterocycles. The van der Waals surface area contributed by atoms with Gasteiger partial charge >= 0.3 is 0 Å². The molecule has 5 heteroatoms. The third-order valence-corrected chi connectivity index (χ3v) is 4.72. The maximum atomic E-state index is 13.7. The van der Waals surface area contributed by atoms with E-state index in [9.17, 15) is 13.9 Å². The monoisotopic (exact) mass is 309 g/mol. The molecule has 0 saturated heterocycles. The molecule has 0 spiro atoms. The van der Waals surface area contributed by atoms with Crippen LogP contribution >= 0.6 is 11.8 Å². The molecule has 0 radical (unpaired) electrons. The summed E-state index contributed by atoms with van der Waals surface area (Å²) in [5, 5.41) is 12.9. The fraction of sp³-hybridized carbons (Fsp3) is 0.250. The second kappa shape index (κ2) is 7.02. The smallest absolute Gasteiger partial charge is 0.139 e. The van der Waals surface area contributed by atoms with Crippen molar-refractivity contribution in [3.05, 3.63) is 65.7 Å². The van der Waals surface area contributed by atoms with Crippen LogP contribution in [0, 0.1) is 11.6 Å². The van der Waals surface area contributed by atoms with E-state index in [0.717, 1.165) is 11.6 Å². The van der Waals surface area contributed by atoms with Crippen molar-refractivity contribution in [1.82, 2.24) is 5.32 Å². The van der Waals surface area contributed by atoms with E-state index in [1.165, 1.54) is 23.9 Å². The molecular formula is C16H17F2NOS. The van der Waals surface area contributed by atoms with Gasteiger partial charge in [0.2, 0.25) is 0 Å². The molecule has 21 heavy (non-hydrogen) atoms. The molecular weight excluding hydrogens is 292 g/mol. The first-order chi connectivity index (χ1) is 10.1. The van der Waals surface area contributed by atoms with Gasteiger partial charge in [-0.25, -0.2) is 8.78 Å². The van der Waals surface area contributed by atoms with E-state index >= 15 is 0 Å². The SMILES string of the molecule is CNC(CO)(CSc1ccc(F)cc1F)c1ccccc1. The standard InChI is InChI=1S/C16H17F2NOS/c1-19-16(10-20,12-5-3-2-4-6-12)11-21-15-8-7-13(17)9-14(15)18/h2-9,19-20H,10-11H2,1H3. The minimum Gasteiger partial charge on any atom is -0.394 e. The molecule has 1 unspecified atom stereocenters. The lowest BCUT2D eigenvalue weighted by atomic mass is 9.93. The fourth-order valence-corrected chi connectivity index (χ4v) is 3.23. The molecule has 0 saturated carbocycles. The van der Waals surface area contributed by atoms with E-state index in [4.69, 9.17) is 0 Å². The fourth-order valence-electron chi connectivity index (χ4n) is 2.07. The molecule has 0 aromatic heterocycles. The first kappa shape index (κ1) is 15.9. The largest absolute Gasteiger partial charge is 0.394 e. The highest BCUT2D eigenvalue weighted by Crippen LogP contribution is 2.31. The predicted molar refractivity (Wildman–Crippen MR) is 81.3 cm³/mol. The summed E-state index contributed by atoms with van der Waals surface area (Å²) in [7, 11) is 1.75. The van der Waals surface area contributed by atoms with Crippen molar-refractivity contribution in [2.45, 2.75) is 10.4 Å². The van der Waals surface area contributed by atoms with Crippen LogP contribution < -0.4 is 5.32 Å². The Morgan fingerprint density at radius 1 is 1.14 bits per heavy atom. The number of hydrogen-bond donors (Lipinski definition) is 2. The van der Waals surface area contributed by atoms with Crippen LogP contribution in [-0.2, 0) is 5.54 Å². The molecule has 0 aliphatic rings. The van der Waals surface area contributed by atoms with Gasteiger partial charge in [-0.05, 0) is 24.7 Å². The Morgan fingerprint density at radius 2 is 1.86 bits per heavy atom. The van der Waals surface area contributed by atoms with Gasteiger partial charge in [0.1, 0.15) is 11.6 Å². The van der Waals surface area contributed by atoms with Crippen LogP contribution in [0.1, 0.15) is 5.56 Å². The topological polar surface area (TPSA) is 32.3 Å². The number of rotatable bonds is 6. The summed E-state index contributed by atoms with van der Waals surface area (Å²) < 4.78 is 26.6. The highest BCUT2D eigenvalue weighted by Gasteiger charge is 2.30. The third kappa shape index (κ3) is 3.61. The van der Waals surface area contributed by atoms with Crippen LogP contribution in [0.5, 0.6) is 0 Å². The Hall–Kier alpha value is -1.43. The van der Waals surface area contributed by atoms with Crippen molar-refractivity contribution in [3.63, 3.8) is 0 Å². The highest BCUT2D eigenvalue weighted by atomic mass is 32.2. The van der Waals surface area contributed by atoms with Gasteiger partial charge in [0.05, 0.1) is 12.1 Å². The Morgan fingerprint density at radius 3 is 2.43 bits per heavy atom. The summed E-state index contributed by atoms with van der Waals surface area (Å²) in [4.78, 5) is 0.361. The second-order valence-electron chi connectivity index (χ2n) is 4.72. The first-order valence-corrected chi connectivity index (χ1v) is 7.53. The van der Waals surface area contributed by atoms with Crippen molar-refractivity contribution in [3.8, 4) is 0 Å². The number of halogens is 2. The molecule has 0 amide bonds. The van der Waals surface area contributed by atoms with Crippen molar-refractivity contribution in [1.29, 1.82) is 0 Å². The van der Waals surface area contributed by atoms with Crippen LogP contribution in [-0.4, -0.2) is 24.5 Å². The van der Waals surface area contributed by atoms with Crippen LogP contribution in [0.15, 0.2) is 53.4 Å². The van der Waals surface area contributed by atoms with E-state index in [2.05, 4.69) is 5.32 Å². The summed E-state index contributed by atoms with van der Waals surface area (Å²) in [6.07, 6.45) is 0.